The Bertz CT molecular complexity index is 313. The Morgan fingerprint density at radius 2 is 2.36 bits per heavy atom. The first-order chi connectivity index (χ1) is 6.63. The van der Waals surface area contributed by atoms with Crippen LogP contribution in [0.4, 0.5) is 10.2 Å². The quantitative estimate of drug-likeness (QED) is 0.741. The van der Waals surface area contributed by atoms with Crippen LogP contribution in [0.2, 0.25) is 0 Å². The molecule has 5 heteroatoms. The molecular formula is C9H11FN2O2. The molecule has 0 fully saturated rings. The summed E-state index contributed by atoms with van der Waals surface area (Å²) in [6, 6.07) is 2.21. The van der Waals surface area contributed by atoms with Gasteiger partial charge < -0.3 is 10.1 Å². The summed E-state index contributed by atoms with van der Waals surface area (Å²) in [5, 5.41) is 2.77. The number of hydrogen-bond acceptors (Lipinski definition) is 4. The van der Waals surface area contributed by atoms with Gasteiger partial charge in [0.1, 0.15) is 17.7 Å². The minimum atomic E-state index is -0.502. The van der Waals surface area contributed by atoms with Gasteiger partial charge in [0.25, 0.3) is 0 Å². The number of aromatic nitrogens is 1. The Kier molecular flexibility index (Phi) is 3.39. The van der Waals surface area contributed by atoms with Crippen LogP contribution in [0.3, 0.4) is 0 Å². The van der Waals surface area contributed by atoms with E-state index in [2.05, 4.69) is 15.0 Å². The zero-order chi connectivity index (χ0) is 10.6. The molecule has 76 valence electrons. The number of carbonyl (C=O) groups is 1. The van der Waals surface area contributed by atoms with Gasteiger partial charge in [0, 0.05) is 0 Å². The fraction of sp³-hybridized carbons (Fsp3) is 0.333. The van der Waals surface area contributed by atoms with Gasteiger partial charge >= 0.3 is 5.97 Å². The summed E-state index contributed by atoms with van der Waals surface area (Å²) in [5.41, 5.74) is 0. The fourth-order valence-corrected chi connectivity index (χ4v) is 0.919. The predicted molar refractivity (Wildman–Crippen MR) is 49.3 cm³/mol. The van der Waals surface area contributed by atoms with Crippen molar-refractivity contribution >= 4 is 11.8 Å². The molecule has 1 aromatic rings. The Balaban J connectivity index is 2.60. The van der Waals surface area contributed by atoms with Crippen molar-refractivity contribution in [2.45, 2.75) is 13.0 Å². The summed E-state index contributed by atoms with van der Waals surface area (Å²) in [4.78, 5) is 14.7. The summed E-state index contributed by atoms with van der Waals surface area (Å²) in [6.07, 6.45) is 1.08. The molecule has 1 N–H and O–H groups in total. The van der Waals surface area contributed by atoms with Crippen LogP contribution < -0.4 is 5.32 Å². The van der Waals surface area contributed by atoms with E-state index in [0.717, 1.165) is 6.20 Å². The second-order valence-corrected chi connectivity index (χ2v) is 2.75. The van der Waals surface area contributed by atoms with Gasteiger partial charge in [0.15, 0.2) is 0 Å². The Morgan fingerprint density at radius 1 is 1.64 bits per heavy atom. The summed E-state index contributed by atoms with van der Waals surface area (Å²) in [6.45, 7) is 1.64. The molecule has 1 heterocycles. The van der Waals surface area contributed by atoms with Crippen LogP contribution in [0.5, 0.6) is 0 Å². The molecule has 1 rings (SSSR count). The first-order valence-corrected chi connectivity index (χ1v) is 4.09. The largest absolute Gasteiger partial charge is 0.467 e. The van der Waals surface area contributed by atoms with Gasteiger partial charge in [-0.15, -0.1) is 0 Å². The van der Waals surface area contributed by atoms with E-state index in [9.17, 15) is 9.18 Å². The van der Waals surface area contributed by atoms with E-state index < -0.39 is 17.8 Å². The monoisotopic (exact) mass is 198 g/mol. The van der Waals surface area contributed by atoms with E-state index in [4.69, 9.17) is 0 Å². The third-order valence-corrected chi connectivity index (χ3v) is 1.65. The minimum Gasteiger partial charge on any atom is -0.467 e. The number of esters is 1. The van der Waals surface area contributed by atoms with Crippen LogP contribution in [0.25, 0.3) is 0 Å². The Morgan fingerprint density at radius 3 is 2.86 bits per heavy atom. The fourth-order valence-electron chi connectivity index (χ4n) is 0.919. The second-order valence-electron chi connectivity index (χ2n) is 2.75. The average Bonchev–Trinajstić information content (AvgIpc) is 2.20. The molecular weight excluding hydrogens is 187 g/mol. The number of nitrogens with zero attached hydrogens (tertiary/aromatic N) is 1. The van der Waals surface area contributed by atoms with E-state index in [1.165, 1.54) is 19.2 Å². The Hall–Kier alpha value is -1.65. The summed E-state index contributed by atoms with van der Waals surface area (Å²) < 4.78 is 17.0. The number of nitrogens with one attached hydrogen (secondary N) is 1. The lowest BCUT2D eigenvalue weighted by Crippen LogP contribution is -2.27. The van der Waals surface area contributed by atoms with Crippen molar-refractivity contribution in [2.24, 2.45) is 0 Å². The van der Waals surface area contributed by atoms with Crippen molar-refractivity contribution in [1.29, 1.82) is 0 Å². The lowest BCUT2D eigenvalue weighted by atomic mass is 10.3. The van der Waals surface area contributed by atoms with Crippen LogP contribution in [0, 0.1) is 5.82 Å². The smallest absolute Gasteiger partial charge is 0.328 e. The number of hydrogen-bond donors (Lipinski definition) is 1. The number of anilines is 1. The summed E-state index contributed by atoms with van der Waals surface area (Å²) >= 11 is 0. The molecule has 0 aromatic carbocycles. The van der Waals surface area contributed by atoms with Crippen molar-refractivity contribution in [1.82, 2.24) is 4.98 Å². The molecule has 0 aliphatic rings. The number of carbonyl (C=O) groups excluding carboxylic acids is 1. The Labute approximate surface area is 81.1 Å². The van der Waals surface area contributed by atoms with E-state index in [-0.39, 0.29) is 0 Å². The molecule has 0 amide bonds. The number of halogens is 1. The van der Waals surface area contributed by atoms with Crippen LogP contribution in [0.1, 0.15) is 6.92 Å². The van der Waals surface area contributed by atoms with E-state index in [1.807, 2.05) is 0 Å². The summed E-state index contributed by atoms with van der Waals surface area (Å²) in [7, 11) is 1.30. The molecule has 0 spiro atoms. The number of ether oxygens (including phenoxy) is 1. The highest BCUT2D eigenvalue weighted by Gasteiger charge is 2.12. The third kappa shape index (κ3) is 2.69. The lowest BCUT2D eigenvalue weighted by molar-refractivity contribution is -0.141. The van der Waals surface area contributed by atoms with Crippen molar-refractivity contribution in [3.63, 3.8) is 0 Å². The maximum Gasteiger partial charge on any atom is 0.328 e. The van der Waals surface area contributed by atoms with Gasteiger partial charge in [-0.05, 0) is 19.1 Å². The van der Waals surface area contributed by atoms with Gasteiger partial charge in [0.2, 0.25) is 0 Å². The van der Waals surface area contributed by atoms with E-state index in [0.29, 0.717) is 5.82 Å². The number of methoxy groups -OCH3 is 1. The molecule has 1 atom stereocenters. The topological polar surface area (TPSA) is 51.2 Å². The molecule has 1 aromatic heterocycles. The first kappa shape index (κ1) is 10.4. The van der Waals surface area contributed by atoms with Gasteiger partial charge in [-0.25, -0.2) is 14.2 Å². The van der Waals surface area contributed by atoms with Crippen LogP contribution >= 0.6 is 0 Å². The molecule has 0 radical (unpaired) electrons. The molecule has 0 aliphatic carbocycles. The predicted octanol–water partition coefficient (Wildman–Crippen LogP) is 1.19. The van der Waals surface area contributed by atoms with Crippen molar-refractivity contribution < 1.29 is 13.9 Å². The zero-order valence-electron chi connectivity index (χ0n) is 7.95. The normalized spacial score (nSPS) is 11.9. The third-order valence-electron chi connectivity index (χ3n) is 1.65. The highest BCUT2D eigenvalue weighted by Crippen LogP contribution is 2.05. The first-order valence-electron chi connectivity index (χ1n) is 4.09. The van der Waals surface area contributed by atoms with Crippen molar-refractivity contribution in [3.05, 3.63) is 24.1 Å². The number of pyridine rings is 1. The molecule has 0 bridgehead atoms. The maximum atomic E-state index is 12.5. The highest BCUT2D eigenvalue weighted by atomic mass is 19.1. The standard InChI is InChI=1S/C9H11FN2O2/c1-6(9(13)14-2)12-8-4-3-7(10)5-11-8/h3-6H,1-2H3,(H,11,12). The van der Waals surface area contributed by atoms with Crippen LogP contribution in [-0.2, 0) is 9.53 Å². The maximum absolute atomic E-state index is 12.5. The van der Waals surface area contributed by atoms with Gasteiger partial charge in [-0.1, -0.05) is 0 Å². The van der Waals surface area contributed by atoms with Crippen LogP contribution in [-0.4, -0.2) is 24.1 Å². The second kappa shape index (κ2) is 4.55. The van der Waals surface area contributed by atoms with E-state index in [1.54, 1.807) is 6.92 Å². The molecule has 0 saturated carbocycles. The van der Waals surface area contributed by atoms with Crippen molar-refractivity contribution in [2.75, 3.05) is 12.4 Å². The lowest BCUT2D eigenvalue weighted by Gasteiger charge is -2.11. The SMILES string of the molecule is COC(=O)C(C)Nc1ccc(F)cn1. The van der Waals surface area contributed by atoms with Gasteiger partial charge in [-0.3, -0.25) is 0 Å². The molecule has 0 saturated heterocycles. The molecule has 1 unspecified atom stereocenters. The highest BCUT2D eigenvalue weighted by molar-refractivity contribution is 5.78. The van der Waals surface area contributed by atoms with Crippen molar-refractivity contribution in [3.8, 4) is 0 Å². The zero-order valence-corrected chi connectivity index (χ0v) is 7.95. The average molecular weight is 198 g/mol. The number of rotatable bonds is 3. The molecule has 14 heavy (non-hydrogen) atoms. The molecule has 0 aliphatic heterocycles. The van der Waals surface area contributed by atoms with Gasteiger partial charge in [0.05, 0.1) is 13.3 Å². The van der Waals surface area contributed by atoms with Gasteiger partial charge in [-0.2, -0.15) is 0 Å². The summed E-state index contributed by atoms with van der Waals surface area (Å²) in [5.74, 6) is -0.373. The minimum absolute atomic E-state index is 0.392. The van der Waals surface area contributed by atoms with Crippen LogP contribution in [0.15, 0.2) is 18.3 Å². The van der Waals surface area contributed by atoms with E-state index >= 15 is 0 Å². The molecule has 4 nitrogen and oxygen atoms in total.